The molecule has 2 aliphatic rings. The summed E-state index contributed by atoms with van der Waals surface area (Å²) in [5.74, 6) is 0.930. The maximum absolute atomic E-state index is 10.5. The van der Waals surface area contributed by atoms with E-state index in [1.807, 2.05) is 0 Å². The number of rotatable bonds is 5. The lowest BCUT2D eigenvalue weighted by atomic mass is 9.84. The van der Waals surface area contributed by atoms with E-state index in [1.54, 1.807) is 0 Å². The summed E-state index contributed by atoms with van der Waals surface area (Å²) in [7, 11) is 0. The van der Waals surface area contributed by atoms with E-state index in [1.165, 1.54) is 45.2 Å². The predicted molar refractivity (Wildman–Crippen MR) is 63.4 cm³/mol. The molecular weight excluding hydrogens is 202 g/mol. The van der Waals surface area contributed by atoms with Crippen LogP contribution in [0.15, 0.2) is 0 Å². The average Bonchev–Trinajstić information content (AvgIpc) is 2.21. The van der Waals surface area contributed by atoms with Gasteiger partial charge in [0, 0.05) is 19.5 Å². The predicted octanol–water partition coefficient (Wildman–Crippen LogP) is 2.36. The summed E-state index contributed by atoms with van der Waals surface area (Å²) in [6.07, 6.45) is 7.96. The summed E-state index contributed by atoms with van der Waals surface area (Å²) in [4.78, 5) is 13.1. The molecule has 1 N–H and O–H groups in total. The second-order valence-electron chi connectivity index (χ2n) is 5.50. The highest BCUT2D eigenvalue weighted by Gasteiger charge is 2.25. The lowest BCUT2D eigenvalue weighted by Gasteiger charge is -2.37. The number of aliphatic carboxylic acids is 1. The fourth-order valence-corrected chi connectivity index (χ4v) is 2.92. The molecule has 0 aromatic heterocycles. The Morgan fingerprint density at radius 1 is 1.19 bits per heavy atom. The van der Waals surface area contributed by atoms with Gasteiger partial charge in [-0.15, -0.1) is 0 Å². The average molecular weight is 225 g/mol. The molecule has 1 saturated carbocycles. The Labute approximate surface area is 97.8 Å². The molecule has 0 aromatic rings. The molecule has 1 unspecified atom stereocenters. The van der Waals surface area contributed by atoms with Crippen LogP contribution in [0, 0.1) is 11.8 Å². The topological polar surface area (TPSA) is 40.5 Å². The quantitative estimate of drug-likeness (QED) is 0.781. The second kappa shape index (κ2) is 5.67. The van der Waals surface area contributed by atoms with Gasteiger partial charge in [0.2, 0.25) is 0 Å². The highest BCUT2D eigenvalue weighted by molar-refractivity contribution is 5.66. The van der Waals surface area contributed by atoms with Crippen LogP contribution in [0.2, 0.25) is 0 Å². The van der Waals surface area contributed by atoms with Crippen LogP contribution in [-0.2, 0) is 4.79 Å². The summed E-state index contributed by atoms with van der Waals surface area (Å²) in [6, 6.07) is 0. The standard InChI is InChI=1S/C13H23NO2/c15-13(16)7-6-12-5-2-8-14(10-12)9-11-3-1-4-11/h11-12H,1-10H2,(H,15,16). The highest BCUT2D eigenvalue weighted by Crippen LogP contribution is 2.29. The maximum Gasteiger partial charge on any atom is 0.303 e. The lowest BCUT2D eigenvalue weighted by Crippen LogP contribution is -2.40. The van der Waals surface area contributed by atoms with Crippen LogP contribution in [0.5, 0.6) is 0 Å². The molecule has 0 amide bonds. The van der Waals surface area contributed by atoms with Crippen LogP contribution in [0.1, 0.15) is 44.9 Å². The first-order chi connectivity index (χ1) is 7.74. The largest absolute Gasteiger partial charge is 0.481 e. The van der Waals surface area contributed by atoms with Gasteiger partial charge >= 0.3 is 5.97 Å². The van der Waals surface area contributed by atoms with E-state index < -0.39 is 5.97 Å². The van der Waals surface area contributed by atoms with Crippen molar-refractivity contribution in [3.05, 3.63) is 0 Å². The van der Waals surface area contributed by atoms with Gasteiger partial charge in [-0.1, -0.05) is 6.42 Å². The van der Waals surface area contributed by atoms with E-state index in [2.05, 4.69) is 4.90 Å². The SMILES string of the molecule is O=C(O)CCC1CCCN(CC2CCC2)C1. The molecule has 2 rings (SSSR count). The highest BCUT2D eigenvalue weighted by atomic mass is 16.4. The Morgan fingerprint density at radius 3 is 2.56 bits per heavy atom. The van der Waals surface area contributed by atoms with E-state index in [9.17, 15) is 4.79 Å². The third kappa shape index (κ3) is 3.48. The van der Waals surface area contributed by atoms with Gasteiger partial charge in [-0.2, -0.15) is 0 Å². The molecule has 1 heterocycles. The monoisotopic (exact) mass is 225 g/mol. The Kier molecular flexibility index (Phi) is 4.22. The third-order valence-corrected chi connectivity index (χ3v) is 4.11. The Morgan fingerprint density at radius 2 is 1.94 bits per heavy atom. The number of piperidine rings is 1. The van der Waals surface area contributed by atoms with E-state index >= 15 is 0 Å². The molecule has 0 bridgehead atoms. The minimum Gasteiger partial charge on any atom is -0.481 e. The van der Waals surface area contributed by atoms with Gasteiger partial charge < -0.3 is 10.0 Å². The van der Waals surface area contributed by atoms with Crippen molar-refractivity contribution < 1.29 is 9.90 Å². The van der Waals surface area contributed by atoms with Gasteiger partial charge in [0.25, 0.3) is 0 Å². The van der Waals surface area contributed by atoms with Crippen molar-refractivity contribution in [3.8, 4) is 0 Å². The minimum absolute atomic E-state index is 0.349. The molecule has 0 aromatic carbocycles. The summed E-state index contributed by atoms with van der Waals surface area (Å²) in [5.41, 5.74) is 0. The second-order valence-corrected chi connectivity index (χ2v) is 5.50. The van der Waals surface area contributed by atoms with Crippen LogP contribution in [0.4, 0.5) is 0 Å². The number of carbonyl (C=O) groups is 1. The zero-order valence-corrected chi connectivity index (χ0v) is 10.0. The van der Waals surface area contributed by atoms with E-state index in [4.69, 9.17) is 5.11 Å². The molecule has 3 heteroatoms. The van der Waals surface area contributed by atoms with Gasteiger partial charge in [-0.05, 0) is 50.5 Å². The summed E-state index contributed by atoms with van der Waals surface area (Å²) >= 11 is 0. The van der Waals surface area contributed by atoms with Crippen molar-refractivity contribution in [2.24, 2.45) is 11.8 Å². The van der Waals surface area contributed by atoms with E-state index in [0.717, 1.165) is 18.9 Å². The van der Waals surface area contributed by atoms with E-state index in [0.29, 0.717) is 12.3 Å². The van der Waals surface area contributed by atoms with Crippen molar-refractivity contribution in [2.45, 2.75) is 44.9 Å². The van der Waals surface area contributed by atoms with Gasteiger partial charge in [0.05, 0.1) is 0 Å². The number of nitrogens with zero attached hydrogens (tertiary/aromatic N) is 1. The van der Waals surface area contributed by atoms with Gasteiger partial charge in [0.1, 0.15) is 0 Å². The van der Waals surface area contributed by atoms with Crippen molar-refractivity contribution in [1.82, 2.24) is 4.90 Å². The zero-order chi connectivity index (χ0) is 11.4. The number of likely N-dealkylation sites (tertiary alicyclic amines) is 1. The molecule has 0 radical (unpaired) electrons. The molecule has 92 valence electrons. The third-order valence-electron chi connectivity index (χ3n) is 4.11. The van der Waals surface area contributed by atoms with Crippen molar-refractivity contribution in [3.63, 3.8) is 0 Å². The number of hydrogen-bond acceptors (Lipinski definition) is 2. The molecule has 2 fully saturated rings. The molecule has 16 heavy (non-hydrogen) atoms. The molecule has 1 aliphatic carbocycles. The van der Waals surface area contributed by atoms with Crippen LogP contribution in [-0.4, -0.2) is 35.6 Å². The molecule has 3 nitrogen and oxygen atoms in total. The zero-order valence-electron chi connectivity index (χ0n) is 10.0. The number of hydrogen-bond donors (Lipinski definition) is 1. The van der Waals surface area contributed by atoms with Crippen LogP contribution < -0.4 is 0 Å². The van der Waals surface area contributed by atoms with Crippen LogP contribution in [0.3, 0.4) is 0 Å². The molecule has 1 saturated heterocycles. The van der Waals surface area contributed by atoms with Crippen molar-refractivity contribution in [1.29, 1.82) is 0 Å². The van der Waals surface area contributed by atoms with Gasteiger partial charge in [-0.3, -0.25) is 4.79 Å². The fourth-order valence-electron chi connectivity index (χ4n) is 2.92. The molecular formula is C13H23NO2. The number of carboxylic acid groups (broad SMARTS) is 1. The lowest BCUT2D eigenvalue weighted by molar-refractivity contribution is -0.137. The number of carboxylic acids is 1. The first-order valence-corrected chi connectivity index (χ1v) is 6.68. The van der Waals surface area contributed by atoms with Crippen molar-refractivity contribution in [2.75, 3.05) is 19.6 Å². The minimum atomic E-state index is -0.642. The summed E-state index contributed by atoms with van der Waals surface area (Å²) < 4.78 is 0. The Hall–Kier alpha value is -0.570. The molecule has 1 atom stereocenters. The summed E-state index contributed by atoms with van der Waals surface area (Å²) in [5, 5.41) is 8.69. The normalized spacial score (nSPS) is 27.6. The van der Waals surface area contributed by atoms with Crippen LogP contribution >= 0.6 is 0 Å². The molecule has 0 spiro atoms. The summed E-state index contributed by atoms with van der Waals surface area (Å²) in [6.45, 7) is 3.65. The van der Waals surface area contributed by atoms with Crippen LogP contribution in [0.25, 0.3) is 0 Å². The fraction of sp³-hybridized carbons (Fsp3) is 0.923. The first kappa shape index (κ1) is 11.9. The Bertz CT molecular complexity index is 238. The van der Waals surface area contributed by atoms with Crippen molar-refractivity contribution >= 4 is 5.97 Å². The first-order valence-electron chi connectivity index (χ1n) is 6.68. The smallest absolute Gasteiger partial charge is 0.303 e. The maximum atomic E-state index is 10.5. The molecule has 1 aliphatic heterocycles. The van der Waals surface area contributed by atoms with Gasteiger partial charge in [0.15, 0.2) is 0 Å². The van der Waals surface area contributed by atoms with E-state index in [-0.39, 0.29) is 0 Å². The Balaban J connectivity index is 1.68. The van der Waals surface area contributed by atoms with Gasteiger partial charge in [-0.25, -0.2) is 0 Å².